The van der Waals surface area contributed by atoms with Crippen molar-refractivity contribution >= 4 is 0 Å². The van der Waals surface area contributed by atoms with Gasteiger partial charge in [0, 0.05) is 6.42 Å². The number of hydrogen-bond acceptors (Lipinski definition) is 2. The first kappa shape index (κ1) is 12.9. The fraction of sp³-hybridized carbons (Fsp3) is 1.00. The Kier molecular flexibility index (Phi) is 6.35. The van der Waals surface area contributed by atoms with Gasteiger partial charge in [0.1, 0.15) is 0 Å². The van der Waals surface area contributed by atoms with Crippen LogP contribution < -0.4 is 0 Å². The molecule has 0 aliphatic heterocycles. The standard InChI is InChI=1S/C11H24O2/c1-4-7-11(13,8-5-2)9-10(12)6-3/h10,12-13H,4-9H2,1-3H3. The fourth-order valence-corrected chi connectivity index (χ4v) is 1.84. The van der Waals surface area contributed by atoms with Crippen molar-refractivity contribution in [1.82, 2.24) is 0 Å². The topological polar surface area (TPSA) is 40.5 Å². The zero-order valence-corrected chi connectivity index (χ0v) is 9.21. The normalized spacial score (nSPS) is 14.5. The van der Waals surface area contributed by atoms with E-state index in [0.717, 1.165) is 32.1 Å². The minimum absolute atomic E-state index is 0.344. The number of hydrogen-bond donors (Lipinski definition) is 2. The molecule has 1 atom stereocenters. The van der Waals surface area contributed by atoms with Gasteiger partial charge >= 0.3 is 0 Å². The van der Waals surface area contributed by atoms with Gasteiger partial charge in [-0.15, -0.1) is 0 Å². The molecule has 0 amide bonds. The maximum atomic E-state index is 10.2. The van der Waals surface area contributed by atoms with Crippen molar-refractivity contribution in [1.29, 1.82) is 0 Å². The Bertz CT molecular complexity index is 117. The first-order valence-corrected chi connectivity index (χ1v) is 5.48. The maximum absolute atomic E-state index is 10.2. The molecule has 80 valence electrons. The predicted octanol–water partition coefficient (Wildman–Crippen LogP) is 2.48. The fourth-order valence-electron chi connectivity index (χ4n) is 1.84. The number of aliphatic hydroxyl groups excluding tert-OH is 1. The van der Waals surface area contributed by atoms with Crippen LogP contribution in [0.3, 0.4) is 0 Å². The second-order valence-electron chi connectivity index (χ2n) is 3.99. The molecule has 0 aromatic heterocycles. The van der Waals surface area contributed by atoms with E-state index in [2.05, 4.69) is 13.8 Å². The highest BCUT2D eigenvalue weighted by Crippen LogP contribution is 2.25. The van der Waals surface area contributed by atoms with Crippen molar-refractivity contribution in [3.8, 4) is 0 Å². The van der Waals surface area contributed by atoms with Crippen LogP contribution in [0.2, 0.25) is 0 Å². The molecule has 1 unspecified atom stereocenters. The quantitative estimate of drug-likeness (QED) is 0.644. The smallest absolute Gasteiger partial charge is 0.0672 e. The second-order valence-corrected chi connectivity index (χ2v) is 3.99. The van der Waals surface area contributed by atoms with E-state index in [9.17, 15) is 10.2 Å². The third-order valence-corrected chi connectivity index (χ3v) is 2.52. The zero-order chi connectivity index (χ0) is 10.3. The Balaban J connectivity index is 4.05. The molecular weight excluding hydrogens is 164 g/mol. The van der Waals surface area contributed by atoms with Gasteiger partial charge in [-0.3, -0.25) is 0 Å². The first-order chi connectivity index (χ1) is 6.08. The first-order valence-electron chi connectivity index (χ1n) is 5.48. The van der Waals surface area contributed by atoms with Crippen LogP contribution in [0.5, 0.6) is 0 Å². The zero-order valence-electron chi connectivity index (χ0n) is 9.21. The van der Waals surface area contributed by atoms with Crippen molar-refractivity contribution in [2.45, 2.75) is 71.0 Å². The lowest BCUT2D eigenvalue weighted by molar-refractivity contribution is -0.0254. The van der Waals surface area contributed by atoms with E-state index in [1.54, 1.807) is 0 Å². The molecule has 0 aliphatic carbocycles. The average molecular weight is 188 g/mol. The van der Waals surface area contributed by atoms with Gasteiger partial charge in [0.25, 0.3) is 0 Å². The van der Waals surface area contributed by atoms with Gasteiger partial charge in [-0.25, -0.2) is 0 Å². The SMILES string of the molecule is CCCC(O)(CCC)CC(O)CC. The molecule has 2 N–H and O–H groups in total. The van der Waals surface area contributed by atoms with Gasteiger partial charge in [-0.1, -0.05) is 33.6 Å². The molecule has 13 heavy (non-hydrogen) atoms. The molecule has 0 spiro atoms. The van der Waals surface area contributed by atoms with E-state index in [1.165, 1.54) is 0 Å². The van der Waals surface area contributed by atoms with Crippen molar-refractivity contribution < 1.29 is 10.2 Å². The Morgan fingerprint density at radius 3 is 1.85 bits per heavy atom. The van der Waals surface area contributed by atoms with Crippen molar-refractivity contribution in [3.05, 3.63) is 0 Å². The van der Waals surface area contributed by atoms with Gasteiger partial charge in [0.05, 0.1) is 11.7 Å². The summed E-state index contributed by atoms with van der Waals surface area (Å²) >= 11 is 0. The molecule has 0 aliphatic rings. The van der Waals surface area contributed by atoms with E-state index in [4.69, 9.17) is 0 Å². The van der Waals surface area contributed by atoms with Crippen LogP contribution in [0.25, 0.3) is 0 Å². The molecule has 0 aromatic carbocycles. The highest BCUT2D eigenvalue weighted by Gasteiger charge is 2.27. The van der Waals surface area contributed by atoms with E-state index in [1.807, 2.05) is 6.92 Å². The second kappa shape index (κ2) is 6.39. The highest BCUT2D eigenvalue weighted by atomic mass is 16.3. The number of aliphatic hydroxyl groups is 2. The van der Waals surface area contributed by atoms with Gasteiger partial charge in [0.15, 0.2) is 0 Å². The van der Waals surface area contributed by atoms with Crippen LogP contribution in [0.15, 0.2) is 0 Å². The Morgan fingerprint density at radius 1 is 1.08 bits per heavy atom. The summed E-state index contributed by atoms with van der Waals surface area (Å²) in [4.78, 5) is 0. The van der Waals surface area contributed by atoms with Crippen LogP contribution >= 0.6 is 0 Å². The van der Waals surface area contributed by atoms with E-state index < -0.39 is 5.60 Å². The summed E-state index contributed by atoms with van der Waals surface area (Å²) < 4.78 is 0. The lowest BCUT2D eigenvalue weighted by atomic mass is 9.86. The largest absolute Gasteiger partial charge is 0.393 e. The minimum Gasteiger partial charge on any atom is -0.393 e. The molecule has 0 fully saturated rings. The lowest BCUT2D eigenvalue weighted by Crippen LogP contribution is -2.33. The molecular formula is C11H24O2. The van der Waals surface area contributed by atoms with Crippen molar-refractivity contribution in [2.24, 2.45) is 0 Å². The van der Waals surface area contributed by atoms with E-state index >= 15 is 0 Å². The Morgan fingerprint density at radius 2 is 1.54 bits per heavy atom. The summed E-state index contributed by atoms with van der Waals surface area (Å²) in [5, 5.41) is 19.6. The molecule has 0 heterocycles. The Labute approximate surface area is 82.0 Å². The molecule has 0 bridgehead atoms. The third kappa shape index (κ3) is 5.27. The summed E-state index contributed by atoms with van der Waals surface area (Å²) in [5.41, 5.74) is -0.626. The van der Waals surface area contributed by atoms with E-state index in [0.29, 0.717) is 6.42 Å². The summed E-state index contributed by atoms with van der Waals surface area (Å²) in [6, 6.07) is 0. The summed E-state index contributed by atoms with van der Waals surface area (Å²) in [6.45, 7) is 6.08. The lowest BCUT2D eigenvalue weighted by Gasteiger charge is -2.29. The molecule has 2 heteroatoms. The molecule has 0 radical (unpaired) electrons. The average Bonchev–Trinajstić information content (AvgIpc) is 2.04. The van der Waals surface area contributed by atoms with Crippen molar-refractivity contribution in [2.75, 3.05) is 0 Å². The van der Waals surface area contributed by atoms with Gasteiger partial charge < -0.3 is 10.2 Å². The van der Waals surface area contributed by atoms with Crippen LogP contribution in [0.4, 0.5) is 0 Å². The summed E-state index contributed by atoms with van der Waals surface area (Å²) in [6.07, 6.45) is 4.49. The third-order valence-electron chi connectivity index (χ3n) is 2.52. The van der Waals surface area contributed by atoms with Crippen LogP contribution in [-0.4, -0.2) is 21.9 Å². The number of rotatable bonds is 7. The summed E-state index contributed by atoms with van der Waals surface area (Å²) in [5.74, 6) is 0. The maximum Gasteiger partial charge on any atom is 0.0672 e. The predicted molar refractivity (Wildman–Crippen MR) is 55.7 cm³/mol. The monoisotopic (exact) mass is 188 g/mol. The van der Waals surface area contributed by atoms with E-state index in [-0.39, 0.29) is 6.10 Å². The van der Waals surface area contributed by atoms with Crippen LogP contribution in [0.1, 0.15) is 59.3 Å². The molecule has 2 nitrogen and oxygen atoms in total. The highest BCUT2D eigenvalue weighted by molar-refractivity contribution is 4.80. The van der Waals surface area contributed by atoms with Gasteiger partial charge in [-0.2, -0.15) is 0 Å². The minimum atomic E-state index is -0.626. The van der Waals surface area contributed by atoms with Crippen LogP contribution in [0, 0.1) is 0 Å². The Hall–Kier alpha value is -0.0800. The van der Waals surface area contributed by atoms with Gasteiger partial charge in [0.2, 0.25) is 0 Å². The van der Waals surface area contributed by atoms with Crippen molar-refractivity contribution in [3.63, 3.8) is 0 Å². The van der Waals surface area contributed by atoms with Gasteiger partial charge in [-0.05, 0) is 19.3 Å². The molecule has 0 rings (SSSR count). The summed E-state index contributed by atoms with van der Waals surface area (Å²) in [7, 11) is 0. The molecule has 0 saturated carbocycles. The molecule has 0 aromatic rings. The molecule has 0 saturated heterocycles. The van der Waals surface area contributed by atoms with Crippen LogP contribution in [-0.2, 0) is 0 Å².